The molecule has 2 rings (SSSR count). The van der Waals surface area contributed by atoms with Crippen molar-refractivity contribution in [1.82, 2.24) is 4.98 Å². The van der Waals surface area contributed by atoms with Gasteiger partial charge in [-0.3, -0.25) is 9.78 Å². The van der Waals surface area contributed by atoms with E-state index >= 15 is 0 Å². The van der Waals surface area contributed by atoms with Gasteiger partial charge in [-0.2, -0.15) is 13.2 Å². The Kier molecular flexibility index (Phi) is 3.57. The van der Waals surface area contributed by atoms with E-state index < -0.39 is 28.9 Å². The van der Waals surface area contributed by atoms with Gasteiger partial charge in [0, 0.05) is 17.5 Å². The van der Waals surface area contributed by atoms with Crippen molar-refractivity contribution in [3.05, 3.63) is 64.7 Å². The Balaban J connectivity index is 2.46. The van der Waals surface area contributed by atoms with Crippen molar-refractivity contribution in [2.24, 2.45) is 0 Å². The van der Waals surface area contributed by atoms with Crippen LogP contribution in [0.5, 0.6) is 0 Å². The summed E-state index contributed by atoms with van der Waals surface area (Å²) < 4.78 is 51.3. The van der Waals surface area contributed by atoms with Gasteiger partial charge in [-0.1, -0.05) is 0 Å². The molecule has 0 radical (unpaired) electrons. The molecule has 0 aliphatic heterocycles. The molecule has 0 saturated carbocycles. The van der Waals surface area contributed by atoms with Crippen LogP contribution in [0.15, 0.2) is 36.5 Å². The minimum atomic E-state index is -4.63. The first-order chi connectivity index (χ1) is 9.29. The van der Waals surface area contributed by atoms with E-state index in [1.807, 2.05) is 0 Å². The van der Waals surface area contributed by atoms with Gasteiger partial charge < -0.3 is 0 Å². The number of halogens is 4. The predicted molar refractivity (Wildman–Crippen MR) is 63.8 cm³/mol. The van der Waals surface area contributed by atoms with Crippen molar-refractivity contribution >= 4 is 5.78 Å². The van der Waals surface area contributed by atoms with Crippen molar-refractivity contribution < 1.29 is 22.4 Å². The highest BCUT2D eigenvalue weighted by Gasteiger charge is 2.32. The fraction of sp³-hybridized carbons (Fsp3) is 0.143. The van der Waals surface area contributed by atoms with Gasteiger partial charge in [0.15, 0.2) is 5.78 Å². The molecule has 1 aromatic heterocycles. The Hall–Kier alpha value is -2.24. The molecule has 1 heterocycles. The summed E-state index contributed by atoms with van der Waals surface area (Å²) in [7, 11) is 0. The zero-order chi connectivity index (χ0) is 14.9. The molecule has 0 saturated heterocycles. The van der Waals surface area contributed by atoms with Gasteiger partial charge in [0.1, 0.15) is 5.82 Å². The van der Waals surface area contributed by atoms with E-state index in [1.165, 1.54) is 18.3 Å². The average Bonchev–Trinajstić information content (AvgIpc) is 2.38. The first-order valence-corrected chi connectivity index (χ1v) is 5.63. The smallest absolute Gasteiger partial charge is 0.288 e. The zero-order valence-corrected chi connectivity index (χ0v) is 10.3. The number of aromatic nitrogens is 1. The third-order valence-corrected chi connectivity index (χ3v) is 2.71. The van der Waals surface area contributed by atoms with E-state index in [2.05, 4.69) is 4.98 Å². The Morgan fingerprint density at radius 3 is 2.40 bits per heavy atom. The Morgan fingerprint density at radius 1 is 1.15 bits per heavy atom. The summed E-state index contributed by atoms with van der Waals surface area (Å²) in [5.74, 6) is -1.83. The van der Waals surface area contributed by atoms with Gasteiger partial charge in [0.05, 0.1) is 11.1 Å². The summed E-state index contributed by atoms with van der Waals surface area (Å²) in [5, 5.41) is 0. The maximum absolute atomic E-state index is 13.6. The van der Waals surface area contributed by atoms with Gasteiger partial charge in [-0.15, -0.1) is 0 Å². The minimum Gasteiger partial charge on any atom is -0.288 e. The van der Waals surface area contributed by atoms with E-state index in [0.29, 0.717) is 23.9 Å². The number of ketones is 1. The number of hydrogen-bond donors (Lipinski definition) is 0. The van der Waals surface area contributed by atoms with Crippen LogP contribution in [0.3, 0.4) is 0 Å². The van der Waals surface area contributed by atoms with Gasteiger partial charge >= 0.3 is 6.18 Å². The number of hydrogen-bond acceptors (Lipinski definition) is 2. The number of pyridine rings is 1. The van der Waals surface area contributed by atoms with Crippen LogP contribution >= 0.6 is 0 Å². The van der Waals surface area contributed by atoms with E-state index in [0.717, 1.165) is 0 Å². The number of benzene rings is 1. The normalized spacial score (nSPS) is 11.4. The van der Waals surface area contributed by atoms with Crippen molar-refractivity contribution in [1.29, 1.82) is 0 Å². The molecule has 0 spiro atoms. The number of carbonyl (C=O) groups is 1. The first-order valence-electron chi connectivity index (χ1n) is 5.63. The van der Waals surface area contributed by atoms with Crippen LogP contribution in [-0.4, -0.2) is 10.8 Å². The van der Waals surface area contributed by atoms with Gasteiger partial charge in [0.2, 0.25) is 0 Å². The molecule has 0 fully saturated rings. The van der Waals surface area contributed by atoms with E-state index in [9.17, 15) is 22.4 Å². The summed E-state index contributed by atoms with van der Waals surface area (Å²) in [6.07, 6.45) is -3.42. The lowest BCUT2D eigenvalue weighted by molar-refractivity contribution is -0.137. The van der Waals surface area contributed by atoms with Gasteiger partial charge in [0.25, 0.3) is 0 Å². The van der Waals surface area contributed by atoms with Crippen molar-refractivity contribution in [3.8, 4) is 0 Å². The summed E-state index contributed by atoms with van der Waals surface area (Å²) in [5.41, 5.74) is -1.01. The Bertz CT molecular complexity index is 647. The molecule has 0 unspecified atom stereocenters. The summed E-state index contributed by atoms with van der Waals surface area (Å²) in [6, 6.07) is 4.66. The van der Waals surface area contributed by atoms with E-state index in [1.54, 1.807) is 6.92 Å². The number of aryl methyl sites for hydroxylation is 1. The molecule has 0 aliphatic carbocycles. The fourth-order valence-electron chi connectivity index (χ4n) is 1.63. The molecule has 2 aromatic rings. The molecular formula is C14H9F4NO. The number of alkyl halides is 3. The highest BCUT2D eigenvalue weighted by atomic mass is 19.4. The molecule has 0 N–H and O–H groups in total. The van der Waals surface area contributed by atoms with Crippen LogP contribution in [0.4, 0.5) is 17.6 Å². The molecule has 2 nitrogen and oxygen atoms in total. The van der Waals surface area contributed by atoms with Crippen LogP contribution in [0.1, 0.15) is 27.2 Å². The molecule has 20 heavy (non-hydrogen) atoms. The minimum absolute atomic E-state index is 0.0359. The number of rotatable bonds is 2. The zero-order valence-electron chi connectivity index (χ0n) is 10.3. The van der Waals surface area contributed by atoms with Gasteiger partial charge in [-0.25, -0.2) is 4.39 Å². The second kappa shape index (κ2) is 5.03. The SMILES string of the molecule is Cc1ccc(C(=O)c2cc(C(F)(F)F)ccc2F)cn1. The summed E-state index contributed by atoms with van der Waals surface area (Å²) in [6.45, 7) is 1.69. The Labute approximate surface area is 112 Å². The quantitative estimate of drug-likeness (QED) is 0.620. The molecule has 104 valence electrons. The fourth-order valence-corrected chi connectivity index (χ4v) is 1.63. The number of carbonyl (C=O) groups excluding carboxylic acids is 1. The van der Waals surface area contributed by atoms with Crippen LogP contribution in [0.2, 0.25) is 0 Å². The third kappa shape index (κ3) is 2.84. The largest absolute Gasteiger partial charge is 0.416 e. The number of nitrogens with zero attached hydrogens (tertiary/aromatic N) is 1. The monoisotopic (exact) mass is 283 g/mol. The van der Waals surface area contributed by atoms with Crippen LogP contribution in [0, 0.1) is 12.7 Å². The van der Waals surface area contributed by atoms with Crippen LogP contribution in [-0.2, 0) is 6.18 Å². The Morgan fingerprint density at radius 2 is 1.85 bits per heavy atom. The lowest BCUT2D eigenvalue weighted by atomic mass is 10.0. The van der Waals surface area contributed by atoms with E-state index in [-0.39, 0.29) is 5.56 Å². The maximum atomic E-state index is 13.6. The molecule has 0 amide bonds. The molecule has 1 aromatic carbocycles. The third-order valence-electron chi connectivity index (χ3n) is 2.71. The summed E-state index contributed by atoms with van der Waals surface area (Å²) >= 11 is 0. The van der Waals surface area contributed by atoms with Crippen LogP contribution < -0.4 is 0 Å². The molecular weight excluding hydrogens is 274 g/mol. The second-order valence-corrected chi connectivity index (χ2v) is 4.21. The predicted octanol–water partition coefficient (Wildman–Crippen LogP) is 3.78. The molecule has 0 aliphatic rings. The molecule has 6 heteroatoms. The lowest BCUT2D eigenvalue weighted by Crippen LogP contribution is -2.10. The lowest BCUT2D eigenvalue weighted by Gasteiger charge is -2.09. The first kappa shape index (κ1) is 14.2. The van der Waals surface area contributed by atoms with Crippen molar-refractivity contribution in [2.45, 2.75) is 13.1 Å². The van der Waals surface area contributed by atoms with Crippen molar-refractivity contribution in [3.63, 3.8) is 0 Å². The molecule has 0 atom stereocenters. The average molecular weight is 283 g/mol. The van der Waals surface area contributed by atoms with Crippen molar-refractivity contribution in [2.75, 3.05) is 0 Å². The van der Waals surface area contributed by atoms with E-state index in [4.69, 9.17) is 0 Å². The maximum Gasteiger partial charge on any atom is 0.416 e. The van der Waals surface area contributed by atoms with Gasteiger partial charge in [-0.05, 0) is 37.3 Å². The molecule has 0 bridgehead atoms. The second-order valence-electron chi connectivity index (χ2n) is 4.21. The highest BCUT2D eigenvalue weighted by molar-refractivity contribution is 6.09. The van der Waals surface area contributed by atoms with Crippen LogP contribution in [0.25, 0.3) is 0 Å². The summed E-state index contributed by atoms with van der Waals surface area (Å²) in [4.78, 5) is 15.9. The highest BCUT2D eigenvalue weighted by Crippen LogP contribution is 2.30. The standard InChI is InChI=1S/C14H9F4NO/c1-8-2-3-9(7-19-8)13(20)11-6-10(14(16,17)18)4-5-12(11)15/h2-7H,1H3. The topological polar surface area (TPSA) is 30.0 Å².